The van der Waals surface area contributed by atoms with Crippen molar-refractivity contribution in [3.63, 3.8) is 0 Å². The molecule has 0 unspecified atom stereocenters. The van der Waals surface area contributed by atoms with Crippen LogP contribution in [0.2, 0.25) is 0 Å². The Morgan fingerprint density at radius 3 is 2.20 bits per heavy atom. The number of hydrogen-bond acceptors (Lipinski definition) is 3. The Bertz CT molecular complexity index is 315. The molecule has 0 spiro atoms. The summed E-state index contributed by atoms with van der Waals surface area (Å²) in [6.07, 6.45) is 2.31. The Balaban J connectivity index is 2.43. The second-order valence-corrected chi connectivity index (χ2v) is 6.75. The molecule has 1 aliphatic carbocycles. The van der Waals surface area contributed by atoms with Crippen molar-refractivity contribution in [2.45, 2.75) is 51.2 Å². The molecule has 0 aliphatic heterocycles. The molecular weight excluding hydrogens is 216 g/mol. The van der Waals surface area contributed by atoms with Gasteiger partial charge in [0.05, 0.1) is 5.60 Å². The number of aliphatic hydroxyl groups is 1. The average molecular weight is 236 g/mol. The minimum Gasteiger partial charge on any atom is -0.389 e. The van der Waals surface area contributed by atoms with E-state index in [1.54, 1.807) is 20.8 Å². The maximum Gasteiger partial charge on any atom is 0.277 e. The predicted octanol–water partition coefficient (Wildman–Crippen LogP) is 0.124. The van der Waals surface area contributed by atoms with Gasteiger partial charge in [-0.2, -0.15) is 17.9 Å². The minimum atomic E-state index is -3.51. The molecule has 1 rings (SSSR count). The van der Waals surface area contributed by atoms with Crippen LogP contribution in [0, 0.1) is 0 Å². The van der Waals surface area contributed by atoms with Gasteiger partial charge in [-0.05, 0) is 40.0 Å². The van der Waals surface area contributed by atoms with Crippen LogP contribution in [-0.2, 0) is 10.2 Å². The quantitative estimate of drug-likeness (QED) is 0.649. The van der Waals surface area contributed by atoms with Crippen LogP contribution in [0.3, 0.4) is 0 Å². The Hall–Kier alpha value is -0.170. The summed E-state index contributed by atoms with van der Waals surface area (Å²) >= 11 is 0. The van der Waals surface area contributed by atoms with Gasteiger partial charge >= 0.3 is 0 Å². The summed E-state index contributed by atoms with van der Waals surface area (Å²) in [6.45, 7) is 5.40. The summed E-state index contributed by atoms with van der Waals surface area (Å²) in [7, 11) is -3.51. The SMILES string of the molecule is CC(C)(C)NS(=O)(=O)NCC1(O)CCC1. The monoisotopic (exact) mass is 236 g/mol. The van der Waals surface area contributed by atoms with E-state index in [2.05, 4.69) is 9.44 Å². The Morgan fingerprint density at radius 2 is 1.87 bits per heavy atom. The van der Waals surface area contributed by atoms with Crippen molar-refractivity contribution in [1.82, 2.24) is 9.44 Å². The van der Waals surface area contributed by atoms with Gasteiger partial charge in [0.1, 0.15) is 0 Å². The van der Waals surface area contributed by atoms with Crippen LogP contribution in [0.1, 0.15) is 40.0 Å². The van der Waals surface area contributed by atoms with Crippen LogP contribution in [0.5, 0.6) is 0 Å². The second-order valence-electron chi connectivity index (χ2n) is 5.25. The van der Waals surface area contributed by atoms with Crippen LogP contribution < -0.4 is 9.44 Å². The van der Waals surface area contributed by atoms with Gasteiger partial charge in [0.15, 0.2) is 0 Å². The van der Waals surface area contributed by atoms with E-state index >= 15 is 0 Å². The fourth-order valence-electron chi connectivity index (χ4n) is 1.43. The molecule has 0 aromatic heterocycles. The summed E-state index contributed by atoms with van der Waals surface area (Å²) < 4.78 is 27.8. The molecule has 15 heavy (non-hydrogen) atoms. The highest BCUT2D eigenvalue weighted by Gasteiger charge is 2.35. The molecule has 0 atom stereocenters. The molecule has 0 amide bonds. The van der Waals surface area contributed by atoms with Crippen molar-refractivity contribution in [2.24, 2.45) is 0 Å². The third-order valence-electron chi connectivity index (χ3n) is 2.32. The van der Waals surface area contributed by atoms with Gasteiger partial charge in [-0.3, -0.25) is 0 Å². The molecule has 0 aromatic rings. The molecule has 1 aliphatic rings. The highest BCUT2D eigenvalue weighted by Crippen LogP contribution is 2.30. The van der Waals surface area contributed by atoms with Crippen molar-refractivity contribution in [1.29, 1.82) is 0 Å². The van der Waals surface area contributed by atoms with Crippen LogP contribution in [0.25, 0.3) is 0 Å². The number of nitrogens with one attached hydrogen (secondary N) is 2. The van der Waals surface area contributed by atoms with Crippen LogP contribution in [-0.4, -0.2) is 31.2 Å². The highest BCUT2D eigenvalue weighted by molar-refractivity contribution is 7.87. The highest BCUT2D eigenvalue weighted by atomic mass is 32.2. The maximum atomic E-state index is 11.5. The topological polar surface area (TPSA) is 78.4 Å². The first kappa shape index (κ1) is 12.9. The van der Waals surface area contributed by atoms with Crippen molar-refractivity contribution < 1.29 is 13.5 Å². The molecule has 0 radical (unpaired) electrons. The summed E-state index contributed by atoms with van der Waals surface area (Å²) in [4.78, 5) is 0. The van der Waals surface area contributed by atoms with Crippen LogP contribution in [0.4, 0.5) is 0 Å². The molecule has 0 aromatic carbocycles. The number of rotatable bonds is 4. The van der Waals surface area contributed by atoms with Crippen LogP contribution in [0.15, 0.2) is 0 Å². The fraction of sp³-hybridized carbons (Fsp3) is 1.00. The lowest BCUT2D eigenvalue weighted by Crippen LogP contribution is -2.53. The van der Waals surface area contributed by atoms with Crippen LogP contribution >= 0.6 is 0 Å². The van der Waals surface area contributed by atoms with E-state index in [1.807, 2.05) is 0 Å². The maximum absolute atomic E-state index is 11.5. The third-order valence-corrected chi connectivity index (χ3v) is 3.72. The van der Waals surface area contributed by atoms with E-state index in [-0.39, 0.29) is 6.54 Å². The van der Waals surface area contributed by atoms with Gasteiger partial charge < -0.3 is 5.11 Å². The summed E-state index contributed by atoms with van der Waals surface area (Å²) in [5.74, 6) is 0. The Morgan fingerprint density at radius 1 is 1.33 bits per heavy atom. The van der Waals surface area contributed by atoms with Gasteiger partial charge in [0.2, 0.25) is 0 Å². The molecule has 90 valence electrons. The molecule has 0 heterocycles. The van der Waals surface area contributed by atoms with Crippen molar-refractivity contribution in [2.75, 3.05) is 6.54 Å². The van der Waals surface area contributed by atoms with Gasteiger partial charge in [0.25, 0.3) is 10.2 Å². The normalized spacial score (nSPS) is 21.1. The molecule has 0 bridgehead atoms. The first-order chi connectivity index (χ1) is 6.62. The van der Waals surface area contributed by atoms with Crippen molar-refractivity contribution in [3.05, 3.63) is 0 Å². The molecule has 6 heteroatoms. The van der Waals surface area contributed by atoms with E-state index in [0.29, 0.717) is 12.8 Å². The molecule has 1 fully saturated rings. The lowest BCUT2D eigenvalue weighted by Gasteiger charge is -2.36. The lowest BCUT2D eigenvalue weighted by molar-refractivity contribution is -0.0271. The van der Waals surface area contributed by atoms with E-state index in [9.17, 15) is 13.5 Å². The predicted molar refractivity (Wildman–Crippen MR) is 58.6 cm³/mol. The Kier molecular flexibility index (Phi) is 3.45. The van der Waals surface area contributed by atoms with E-state index in [4.69, 9.17) is 0 Å². The second kappa shape index (κ2) is 4.01. The molecule has 3 N–H and O–H groups in total. The van der Waals surface area contributed by atoms with E-state index in [1.165, 1.54) is 0 Å². The van der Waals surface area contributed by atoms with Gasteiger partial charge in [0, 0.05) is 12.1 Å². The molecule has 5 nitrogen and oxygen atoms in total. The van der Waals surface area contributed by atoms with E-state index in [0.717, 1.165) is 6.42 Å². The largest absolute Gasteiger partial charge is 0.389 e. The summed E-state index contributed by atoms with van der Waals surface area (Å²) in [6, 6.07) is 0. The average Bonchev–Trinajstić information content (AvgIpc) is 1.92. The van der Waals surface area contributed by atoms with Crippen molar-refractivity contribution >= 4 is 10.2 Å². The zero-order chi connectivity index (χ0) is 11.7. The van der Waals surface area contributed by atoms with E-state index < -0.39 is 21.3 Å². The molecule has 0 saturated heterocycles. The zero-order valence-corrected chi connectivity index (χ0v) is 10.3. The molecular formula is C9H20N2O3S. The zero-order valence-electron chi connectivity index (χ0n) is 9.50. The summed E-state index contributed by atoms with van der Waals surface area (Å²) in [5, 5.41) is 9.72. The fourth-order valence-corrected chi connectivity index (χ4v) is 2.77. The Labute approximate surface area is 91.4 Å². The first-order valence-electron chi connectivity index (χ1n) is 5.13. The number of hydrogen-bond donors (Lipinski definition) is 3. The minimum absolute atomic E-state index is 0.0956. The molecule has 1 saturated carbocycles. The smallest absolute Gasteiger partial charge is 0.277 e. The lowest BCUT2D eigenvalue weighted by atomic mass is 9.81. The van der Waals surface area contributed by atoms with Gasteiger partial charge in [-0.1, -0.05) is 0 Å². The van der Waals surface area contributed by atoms with Gasteiger partial charge in [-0.25, -0.2) is 0 Å². The standard InChI is InChI=1S/C9H20N2O3S/c1-8(2,3)11-15(13,14)10-7-9(12)5-4-6-9/h10-12H,4-7H2,1-3H3. The summed E-state index contributed by atoms with van der Waals surface area (Å²) in [5.41, 5.74) is -1.33. The van der Waals surface area contributed by atoms with Gasteiger partial charge in [-0.15, -0.1) is 0 Å². The van der Waals surface area contributed by atoms with Crippen molar-refractivity contribution in [3.8, 4) is 0 Å². The third kappa shape index (κ3) is 4.46. The first-order valence-corrected chi connectivity index (χ1v) is 6.61.